The number of fused-ring (bicyclic) bond motifs is 1. The minimum atomic E-state index is -0.519. The van der Waals surface area contributed by atoms with Crippen LogP contribution in [0.3, 0.4) is 0 Å². The molecule has 2 aromatic heterocycles. The number of methoxy groups -OCH3 is 2. The number of esters is 1. The van der Waals surface area contributed by atoms with Gasteiger partial charge in [0.2, 0.25) is 0 Å². The van der Waals surface area contributed by atoms with Crippen LogP contribution in [0.2, 0.25) is 0 Å². The van der Waals surface area contributed by atoms with Gasteiger partial charge in [0, 0.05) is 24.8 Å². The summed E-state index contributed by atoms with van der Waals surface area (Å²) in [5, 5.41) is 4.43. The van der Waals surface area contributed by atoms with Crippen LogP contribution in [0.15, 0.2) is 30.3 Å². The molecule has 0 unspecified atom stereocenters. The quantitative estimate of drug-likeness (QED) is 0.667. The molecule has 0 aliphatic rings. The lowest BCUT2D eigenvalue weighted by atomic mass is 10.00. The smallest absolute Gasteiger partial charge is 0.342 e. The first-order valence-corrected chi connectivity index (χ1v) is 7.77. The van der Waals surface area contributed by atoms with Crippen LogP contribution in [0.1, 0.15) is 21.9 Å². The number of ether oxygens (including phenoxy) is 2. The SMILES string of the molecule is COCCc1nc2c(C(=O)OC)c(-c3ccc(F)cc3)cc(C)n2n1. The number of nitrogens with zero attached hydrogens (tertiary/aromatic N) is 3. The molecule has 7 heteroatoms. The van der Waals surface area contributed by atoms with Gasteiger partial charge in [0.05, 0.1) is 13.7 Å². The minimum absolute atomic E-state index is 0.302. The molecule has 0 N–H and O–H groups in total. The van der Waals surface area contributed by atoms with E-state index in [0.29, 0.717) is 41.2 Å². The topological polar surface area (TPSA) is 65.7 Å². The largest absolute Gasteiger partial charge is 0.465 e. The number of carbonyl (C=O) groups is 1. The number of aromatic nitrogens is 3. The number of aryl methyl sites for hydroxylation is 1. The molecule has 0 atom stereocenters. The van der Waals surface area contributed by atoms with E-state index in [1.165, 1.54) is 19.2 Å². The zero-order valence-electron chi connectivity index (χ0n) is 14.2. The third kappa shape index (κ3) is 3.23. The van der Waals surface area contributed by atoms with Gasteiger partial charge in [-0.05, 0) is 30.7 Å². The second-order valence-corrected chi connectivity index (χ2v) is 5.58. The van der Waals surface area contributed by atoms with Crippen LogP contribution in [0, 0.1) is 12.7 Å². The number of benzene rings is 1. The lowest BCUT2D eigenvalue weighted by molar-refractivity contribution is 0.0603. The van der Waals surface area contributed by atoms with Crippen molar-refractivity contribution in [1.29, 1.82) is 0 Å². The maximum atomic E-state index is 13.3. The summed E-state index contributed by atoms with van der Waals surface area (Å²) in [4.78, 5) is 16.9. The van der Waals surface area contributed by atoms with Crippen LogP contribution in [0.4, 0.5) is 4.39 Å². The van der Waals surface area contributed by atoms with E-state index in [0.717, 1.165) is 5.69 Å². The molecule has 0 saturated heterocycles. The molecule has 130 valence electrons. The zero-order chi connectivity index (χ0) is 18.0. The third-order valence-electron chi connectivity index (χ3n) is 3.91. The summed E-state index contributed by atoms with van der Waals surface area (Å²) in [6.45, 7) is 2.35. The fraction of sp³-hybridized carbons (Fsp3) is 0.278. The Kier molecular flexibility index (Phi) is 4.76. The predicted molar refractivity (Wildman–Crippen MR) is 90.0 cm³/mol. The van der Waals surface area contributed by atoms with Gasteiger partial charge in [-0.1, -0.05) is 12.1 Å². The second kappa shape index (κ2) is 6.98. The standard InChI is InChI=1S/C18H18FN3O3/c1-11-10-14(12-4-6-13(19)7-5-12)16(18(23)25-3)17-20-15(8-9-24-2)21-22(11)17/h4-7,10H,8-9H2,1-3H3. The zero-order valence-corrected chi connectivity index (χ0v) is 14.2. The Hall–Kier alpha value is -2.80. The van der Waals surface area contributed by atoms with Gasteiger partial charge in [-0.25, -0.2) is 18.7 Å². The van der Waals surface area contributed by atoms with Crippen molar-refractivity contribution in [3.05, 3.63) is 53.2 Å². The predicted octanol–water partition coefficient (Wildman–Crippen LogP) is 2.82. The van der Waals surface area contributed by atoms with Crippen LogP contribution in [-0.2, 0) is 15.9 Å². The van der Waals surface area contributed by atoms with Gasteiger partial charge in [0.1, 0.15) is 11.4 Å². The van der Waals surface area contributed by atoms with E-state index in [9.17, 15) is 9.18 Å². The number of pyridine rings is 1. The van der Waals surface area contributed by atoms with Crippen LogP contribution in [0.25, 0.3) is 16.8 Å². The number of hydrogen-bond donors (Lipinski definition) is 0. The lowest BCUT2D eigenvalue weighted by Crippen LogP contribution is -2.09. The summed E-state index contributed by atoms with van der Waals surface area (Å²) in [5.74, 6) is -0.285. The van der Waals surface area contributed by atoms with Gasteiger partial charge in [-0.15, -0.1) is 0 Å². The van der Waals surface area contributed by atoms with Gasteiger partial charge in [0.25, 0.3) is 0 Å². The van der Waals surface area contributed by atoms with Crippen molar-refractivity contribution < 1.29 is 18.7 Å². The van der Waals surface area contributed by atoms with Crippen molar-refractivity contribution in [2.75, 3.05) is 20.8 Å². The number of rotatable bonds is 5. The van der Waals surface area contributed by atoms with Gasteiger partial charge < -0.3 is 9.47 Å². The fourth-order valence-corrected chi connectivity index (χ4v) is 2.68. The Labute approximate surface area is 144 Å². The van der Waals surface area contributed by atoms with Crippen molar-refractivity contribution >= 4 is 11.6 Å². The normalized spacial score (nSPS) is 11.0. The summed E-state index contributed by atoms with van der Waals surface area (Å²) in [7, 11) is 2.92. The first kappa shape index (κ1) is 17.0. The molecule has 0 radical (unpaired) electrons. The lowest BCUT2D eigenvalue weighted by Gasteiger charge is -2.11. The van der Waals surface area contributed by atoms with E-state index >= 15 is 0 Å². The van der Waals surface area contributed by atoms with Crippen LogP contribution in [0.5, 0.6) is 0 Å². The molecule has 2 heterocycles. The summed E-state index contributed by atoms with van der Waals surface area (Å²) in [6, 6.07) is 7.76. The van der Waals surface area contributed by atoms with Gasteiger partial charge >= 0.3 is 5.97 Å². The van der Waals surface area contributed by atoms with E-state index in [1.54, 1.807) is 23.8 Å². The van der Waals surface area contributed by atoms with Crippen molar-refractivity contribution in [3.8, 4) is 11.1 Å². The molecule has 25 heavy (non-hydrogen) atoms. The number of halogens is 1. The van der Waals surface area contributed by atoms with Crippen molar-refractivity contribution in [3.63, 3.8) is 0 Å². The third-order valence-corrected chi connectivity index (χ3v) is 3.91. The Morgan fingerprint density at radius 2 is 1.96 bits per heavy atom. The van der Waals surface area contributed by atoms with Crippen molar-refractivity contribution in [2.24, 2.45) is 0 Å². The van der Waals surface area contributed by atoms with E-state index in [4.69, 9.17) is 9.47 Å². The summed E-state index contributed by atoms with van der Waals surface area (Å²) < 4.78 is 24.9. The highest BCUT2D eigenvalue weighted by molar-refractivity contribution is 6.03. The summed E-state index contributed by atoms with van der Waals surface area (Å²) in [6.07, 6.45) is 0.532. The van der Waals surface area contributed by atoms with E-state index < -0.39 is 5.97 Å². The highest BCUT2D eigenvalue weighted by atomic mass is 19.1. The van der Waals surface area contributed by atoms with Gasteiger partial charge in [0.15, 0.2) is 11.5 Å². The number of hydrogen-bond acceptors (Lipinski definition) is 5. The van der Waals surface area contributed by atoms with Gasteiger partial charge in [-0.3, -0.25) is 0 Å². The molecule has 0 saturated carbocycles. The molecule has 3 aromatic rings. The first-order chi connectivity index (χ1) is 12.0. The van der Waals surface area contributed by atoms with Crippen molar-refractivity contribution in [2.45, 2.75) is 13.3 Å². The summed E-state index contributed by atoms with van der Waals surface area (Å²) in [5.41, 5.74) is 2.85. The Bertz CT molecular complexity index is 919. The maximum absolute atomic E-state index is 13.3. The monoisotopic (exact) mass is 343 g/mol. The second-order valence-electron chi connectivity index (χ2n) is 5.58. The first-order valence-electron chi connectivity index (χ1n) is 7.77. The Morgan fingerprint density at radius 1 is 1.24 bits per heavy atom. The molecular formula is C18H18FN3O3. The molecular weight excluding hydrogens is 325 g/mol. The number of carbonyl (C=O) groups excluding carboxylic acids is 1. The Balaban J connectivity index is 2.25. The molecule has 0 aliphatic heterocycles. The van der Waals surface area contributed by atoms with Crippen LogP contribution < -0.4 is 0 Å². The molecule has 0 aliphatic carbocycles. The molecule has 0 fully saturated rings. The van der Waals surface area contributed by atoms with E-state index in [1.807, 2.05) is 13.0 Å². The highest BCUT2D eigenvalue weighted by Gasteiger charge is 2.22. The Morgan fingerprint density at radius 3 is 2.60 bits per heavy atom. The average molecular weight is 343 g/mol. The minimum Gasteiger partial charge on any atom is -0.465 e. The average Bonchev–Trinajstić information content (AvgIpc) is 3.04. The maximum Gasteiger partial charge on any atom is 0.342 e. The highest BCUT2D eigenvalue weighted by Crippen LogP contribution is 2.29. The van der Waals surface area contributed by atoms with Crippen LogP contribution in [-0.4, -0.2) is 41.4 Å². The molecule has 0 bridgehead atoms. The summed E-state index contributed by atoms with van der Waals surface area (Å²) >= 11 is 0. The van der Waals surface area contributed by atoms with E-state index in [-0.39, 0.29) is 5.82 Å². The van der Waals surface area contributed by atoms with Crippen molar-refractivity contribution in [1.82, 2.24) is 14.6 Å². The molecule has 0 spiro atoms. The van der Waals surface area contributed by atoms with E-state index in [2.05, 4.69) is 10.1 Å². The molecule has 6 nitrogen and oxygen atoms in total. The fourth-order valence-electron chi connectivity index (χ4n) is 2.68. The van der Waals surface area contributed by atoms with Gasteiger partial charge in [-0.2, -0.15) is 5.10 Å². The molecule has 3 rings (SSSR count). The van der Waals surface area contributed by atoms with Crippen LogP contribution >= 0.6 is 0 Å². The molecule has 1 aromatic carbocycles. The molecule has 0 amide bonds.